The topological polar surface area (TPSA) is 26.3 Å². The van der Waals surface area contributed by atoms with Crippen molar-refractivity contribution in [3.05, 3.63) is 11.6 Å². The van der Waals surface area contributed by atoms with Gasteiger partial charge < -0.3 is 4.74 Å². The SMILES string of the molecule is CC(=O)O[C@@H]1CCC=C1C. The van der Waals surface area contributed by atoms with Crippen molar-refractivity contribution in [3.8, 4) is 0 Å². The molecule has 1 aliphatic carbocycles. The van der Waals surface area contributed by atoms with Crippen molar-refractivity contribution in [1.29, 1.82) is 0 Å². The molecule has 1 rings (SSSR count). The third-order valence-electron chi connectivity index (χ3n) is 1.71. The zero-order chi connectivity index (χ0) is 7.56. The monoisotopic (exact) mass is 140 g/mol. The Balaban J connectivity index is 2.43. The molecule has 0 aromatic rings. The Morgan fingerprint density at radius 2 is 2.50 bits per heavy atom. The maximum atomic E-state index is 10.5. The Labute approximate surface area is 60.9 Å². The predicted octanol–water partition coefficient (Wildman–Crippen LogP) is 1.66. The van der Waals surface area contributed by atoms with Crippen molar-refractivity contribution in [2.24, 2.45) is 0 Å². The molecule has 0 heterocycles. The number of hydrogen-bond donors (Lipinski definition) is 0. The Hall–Kier alpha value is -0.790. The first-order valence-corrected chi connectivity index (χ1v) is 3.54. The first-order valence-electron chi connectivity index (χ1n) is 3.54. The summed E-state index contributed by atoms with van der Waals surface area (Å²) in [7, 11) is 0. The summed E-state index contributed by atoms with van der Waals surface area (Å²) < 4.78 is 5.02. The summed E-state index contributed by atoms with van der Waals surface area (Å²) in [5.74, 6) is -0.181. The fraction of sp³-hybridized carbons (Fsp3) is 0.625. The molecule has 10 heavy (non-hydrogen) atoms. The molecule has 0 saturated heterocycles. The number of ether oxygens (including phenoxy) is 1. The van der Waals surface area contributed by atoms with Crippen molar-refractivity contribution in [2.75, 3.05) is 0 Å². The largest absolute Gasteiger partial charge is 0.458 e. The summed E-state index contributed by atoms with van der Waals surface area (Å²) in [4.78, 5) is 10.5. The van der Waals surface area contributed by atoms with Crippen LogP contribution in [-0.4, -0.2) is 12.1 Å². The van der Waals surface area contributed by atoms with E-state index in [-0.39, 0.29) is 12.1 Å². The van der Waals surface area contributed by atoms with Crippen LogP contribution in [0.1, 0.15) is 26.7 Å². The van der Waals surface area contributed by atoms with Gasteiger partial charge in [0.05, 0.1) is 0 Å². The lowest BCUT2D eigenvalue weighted by Crippen LogP contribution is -2.13. The Morgan fingerprint density at radius 1 is 1.80 bits per heavy atom. The van der Waals surface area contributed by atoms with Gasteiger partial charge in [-0.2, -0.15) is 0 Å². The van der Waals surface area contributed by atoms with Gasteiger partial charge in [0.25, 0.3) is 0 Å². The van der Waals surface area contributed by atoms with Crippen LogP contribution in [0.4, 0.5) is 0 Å². The number of rotatable bonds is 1. The van der Waals surface area contributed by atoms with Crippen LogP contribution >= 0.6 is 0 Å². The second-order valence-electron chi connectivity index (χ2n) is 2.62. The normalized spacial score (nSPS) is 24.2. The Bertz CT molecular complexity index is 170. The number of carbonyl (C=O) groups excluding carboxylic acids is 1. The Kier molecular flexibility index (Phi) is 2.10. The summed E-state index contributed by atoms with van der Waals surface area (Å²) in [5, 5.41) is 0. The lowest BCUT2D eigenvalue weighted by molar-refractivity contribution is -0.144. The first-order chi connectivity index (χ1) is 4.70. The molecule has 0 amide bonds. The molecule has 0 spiro atoms. The van der Waals surface area contributed by atoms with Crippen LogP contribution in [0, 0.1) is 0 Å². The van der Waals surface area contributed by atoms with E-state index >= 15 is 0 Å². The molecule has 2 nitrogen and oxygen atoms in total. The average Bonchev–Trinajstić information content (AvgIpc) is 2.15. The van der Waals surface area contributed by atoms with E-state index < -0.39 is 0 Å². The summed E-state index contributed by atoms with van der Waals surface area (Å²) in [6, 6.07) is 0. The summed E-state index contributed by atoms with van der Waals surface area (Å²) in [5.41, 5.74) is 1.19. The number of carbonyl (C=O) groups is 1. The molecular weight excluding hydrogens is 128 g/mol. The van der Waals surface area contributed by atoms with Crippen molar-refractivity contribution < 1.29 is 9.53 Å². The summed E-state index contributed by atoms with van der Waals surface area (Å²) >= 11 is 0. The van der Waals surface area contributed by atoms with Crippen molar-refractivity contribution in [2.45, 2.75) is 32.8 Å². The fourth-order valence-corrected chi connectivity index (χ4v) is 1.17. The second-order valence-corrected chi connectivity index (χ2v) is 2.62. The highest BCUT2D eigenvalue weighted by Gasteiger charge is 2.17. The lowest BCUT2D eigenvalue weighted by Gasteiger charge is -2.10. The zero-order valence-corrected chi connectivity index (χ0v) is 6.39. The van der Waals surface area contributed by atoms with Gasteiger partial charge in [-0.25, -0.2) is 0 Å². The van der Waals surface area contributed by atoms with E-state index in [1.165, 1.54) is 12.5 Å². The molecule has 0 aromatic carbocycles. The van der Waals surface area contributed by atoms with Crippen molar-refractivity contribution in [1.82, 2.24) is 0 Å². The van der Waals surface area contributed by atoms with E-state index in [1.54, 1.807) is 0 Å². The standard InChI is InChI=1S/C8H12O2/c1-6-4-3-5-8(6)10-7(2)9/h4,8H,3,5H2,1-2H3/t8-/m1/s1. The van der Waals surface area contributed by atoms with Gasteiger partial charge in [0.1, 0.15) is 6.10 Å². The fourth-order valence-electron chi connectivity index (χ4n) is 1.17. The molecule has 0 bridgehead atoms. The molecule has 1 atom stereocenters. The van der Waals surface area contributed by atoms with Crippen LogP contribution in [-0.2, 0) is 9.53 Å². The van der Waals surface area contributed by atoms with Crippen LogP contribution in [0.25, 0.3) is 0 Å². The number of esters is 1. The second kappa shape index (κ2) is 2.86. The summed E-state index contributed by atoms with van der Waals surface area (Å²) in [6.07, 6.45) is 4.19. The van der Waals surface area contributed by atoms with E-state index in [9.17, 15) is 4.79 Å². The molecule has 0 aliphatic heterocycles. The average molecular weight is 140 g/mol. The van der Waals surface area contributed by atoms with Crippen LogP contribution in [0.5, 0.6) is 0 Å². The van der Waals surface area contributed by atoms with Crippen LogP contribution < -0.4 is 0 Å². The van der Waals surface area contributed by atoms with Crippen molar-refractivity contribution in [3.63, 3.8) is 0 Å². The minimum atomic E-state index is -0.181. The van der Waals surface area contributed by atoms with Gasteiger partial charge in [0.2, 0.25) is 0 Å². The van der Waals surface area contributed by atoms with Crippen LogP contribution in [0.3, 0.4) is 0 Å². The van der Waals surface area contributed by atoms with E-state index in [0.717, 1.165) is 12.8 Å². The highest BCUT2D eigenvalue weighted by atomic mass is 16.5. The highest BCUT2D eigenvalue weighted by molar-refractivity contribution is 5.66. The van der Waals surface area contributed by atoms with Gasteiger partial charge in [-0.1, -0.05) is 6.08 Å². The quantitative estimate of drug-likeness (QED) is 0.409. The first kappa shape index (κ1) is 7.32. The van der Waals surface area contributed by atoms with Gasteiger partial charge in [0.15, 0.2) is 0 Å². The van der Waals surface area contributed by atoms with E-state index in [1.807, 2.05) is 6.92 Å². The van der Waals surface area contributed by atoms with Crippen LogP contribution in [0.2, 0.25) is 0 Å². The van der Waals surface area contributed by atoms with Crippen molar-refractivity contribution >= 4 is 5.97 Å². The molecular formula is C8H12O2. The minimum Gasteiger partial charge on any atom is -0.458 e. The predicted molar refractivity (Wildman–Crippen MR) is 38.5 cm³/mol. The molecule has 2 heteroatoms. The van der Waals surface area contributed by atoms with E-state index in [0.29, 0.717) is 0 Å². The van der Waals surface area contributed by atoms with E-state index in [4.69, 9.17) is 4.74 Å². The molecule has 0 unspecified atom stereocenters. The van der Waals surface area contributed by atoms with E-state index in [2.05, 4.69) is 6.08 Å². The van der Waals surface area contributed by atoms with Crippen LogP contribution in [0.15, 0.2) is 11.6 Å². The molecule has 0 aromatic heterocycles. The molecule has 0 radical (unpaired) electrons. The number of hydrogen-bond acceptors (Lipinski definition) is 2. The number of allylic oxidation sites excluding steroid dienone is 1. The summed E-state index contributed by atoms with van der Waals surface area (Å²) in [6.45, 7) is 3.45. The third-order valence-corrected chi connectivity index (χ3v) is 1.71. The third kappa shape index (κ3) is 1.59. The molecule has 0 N–H and O–H groups in total. The smallest absolute Gasteiger partial charge is 0.303 e. The maximum Gasteiger partial charge on any atom is 0.303 e. The molecule has 1 aliphatic rings. The van der Waals surface area contributed by atoms with Gasteiger partial charge >= 0.3 is 5.97 Å². The highest BCUT2D eigenvalue weighted by Crippen LogP contribution is 2.20. The maximum absolute atomic E-state index is 10.5. The van der Waals surface area contributed by atoms with Gasteiger partial charge in [-0.15, -0.1) is 0 Å². The lowest BCUT2D eigenvalue weighted by atomic mass is 10.2. The molecule has 0 fully saturated rings. The van der Waals surface area contributed by atoms with Gasteiger partial charge in [0, 0.05) is 6.92 Å². The Morgan fingerprint density at radius 3 is 2.90 bits per heavy atom. The van der Waals surface area contributed by atoms with Gasteiger partial charge in [-0.05, 0) is 25.3 Å². The van der Waals surface area contributed by atoms with Gasteiger partial charge in [-0.3, -0.25) is 4.79 Å². The molecule has 0 saturated carbocycles. The minimum absolute atomic E-state index is 0.0671. The molecule has 56 valence electrons. The zero-order valence-electron chi connectivity index (χ0n) is 6.39.